The fourth-order valence-corrected chi connectivity index (χ4v) is 2.78. The average molecular weight is 230 g/mol. The van der Waals surface area contributed by atoms with E-state index in [9.17, 15) is 4.79 Å². The molecule has 1 aliphatic rings. The SMILES string of the molecule is CCCc1cccc(C(=O)CC2CCCC2)c1. The number of carbonyl (C=O) groups excluding carboxylic acids is 1. The summed E-state index contributed by atoms with van der Waals surface area (Å²) in [4.78, 5) is 12.2. The summed E-state index contributed by atoms with van der Waals surface area (Å²) in [5, 5.41) is 0. The predicted octanol–water partition coefficient (Wildman–Crippen LogP) is 4.40. The van der Waals surface area contributed by atoms with Crippen LogP contribution < -0.4 is 0 Å². The van der Waals surface area contributed by atoms with Gasteiger partial charge in [-0.2, -0.15) is 0 Å². The Kier molecular flexibility index (Phi) is 4.36. The number of rotatable bonds is 5. The number of benzene rings is 1. The van der Waals surface area contributed by atoms with Crippen molar-refractivity contribution >= 4 is 5.78 Å². The third-order valence-corrected chi connectivity index (χ3v) is 3.74. The number of hydrogen-bond acceptors (Lipinski definition) is 1. The Hall–Kier alpha value is -1.11. The van der Waals surface area contributed by atoms with Crippen LogP contribution in [0.4, 0.5) is 0 Å². The summed E-state index contributed by atoms with van der Waals surface area (Å²) in [5.74, 6) is 0.993. The molecular formula is C16H22O. The van der Waals surface area contributed by atoms with E-state index >= 15 is 0 Å². The van der Waals surface area contributed by atoms with Gasteiger partial charge in [-0.3, -0.25) is 4.79 Å². The molecular weight excluding hydrogens is 208 g/mol. The molecule has 0 aromatic heterocycles. The molecule has 0 bridgehead atoms. The van der Waals surface area contributed by atoms with Crippen LogP contribution >= 0.6 is 0 Å². The summed E-state index contributed by atoms with van der Waals surface area (Å²) >= 11 is 0. The second-order valence-corrected chi connectivity index (χ2v) is 5.23. The molecule has 0 heterocycles. The highest BCUT2D eigenvalue weighted by molar-refractivity contribution is 5.96. The first kappa shape index (κ1) is 12.3. The van der Waals surface area contributed by atoms with Gasteiger partial charge in [0.25, 0.3) is 0 Å². The molecule has 1 heteroatoms. The van der Waals surface area contributed by atoms with Crippen LogP contribution in [0.5, 0.6) is 0 Å². The van der Waals surface area contributed by atoms with Gasteiger partial charge in [-0.25, -0.2) is 0 Å². The lowest BCUT2D eigenvalue weighted by atomic mass is 9.95. The van der Waals surface area contributed by atoms with Crippen molar-refractivity contribution in [2.75, 3.05) is 0 Å². The number of ketones is 1. The lowest BCUT2D eigenvalue weighted by Gasteiger charge is -2.08. The molecule has 17 heavy (non-hydrogen) atoms. The molecule has 0 unspecified atom stereocenters. The third-order valence-electron chi connectivity index (χ3n) is 3.74. The average Bonchev–Trinajstić information content (AvgIpc) is 2.83. The zero-order valence-electron chi connectivity index (χ0n) is 10.7. The highest BCUT2D eigenvalue weighted by atomic mass is 16.1. The lowest BCUT2D eigenvalue weighted by molar-refractivity contribution is 0.0962. The Morgan fingerprint density at radius 2 is 2.06 bits per heavy atom. The van der Waals surface area contributed by atoms with Gasteiger partial charge in [-0.05, 0) is 24.0 Å². The molecule has 1 saturated carbocycles. The summed E-state index contributed by atoms with van der Waals surface area (Å²) < 4.78 is 0. The van der Waals surface area contributed by atoms with E-state index in [0.717, 1.165) is 24.8 Å². The van der Waals surface area contributed by atoms with Gasteiger partial charge < -0.3 is 0 Å². The smallest absolute Gasteiger partial charge is 0.163 e. The van der Waals surface area contributed by atoms with E-state index in [1.54, 1.807) is 0 Å². The molecule has 1 aromatic rings. The zero-order valence-corrected chi connectivity index (χ0v) is 10.7. The molecule has 0 radical (unpaired) electrons. The number of aryl methyl sites for hydroxylation is 1. The van der Waals surface area contributed by atoms with Gasteiger partial charge in [-0.15, -0.1) is 0 Å². The molecule has 0 N–H and O–H groups in total. The van der Waals surface area contributed by atoms with Gasteiger partial charge in [-0.1, -0.05) is 57.2 Å². The van der Waals surface area contributed by atoms with Crippen LogP contribution in [0.15, 0.2) is 24.3 Å². The van der Waals surface area contributed by atoms with Gasteiger partial charge >= 0.3 is 0 Å². The maximum Gasteiger partial charge on any atom is 0.163 e. The van der Waals surface area contributed by atoms with Crippen molar-refractivity contribution in [1.29, 1.82) is 0 Å². The van der Waals surface area contributed by atoms with Crippen LogP contribution in [-0.4, -0.2) is 5.78 Å². The van der Waals surface area contributed by atoms with E-state index in [4.69, 9.17) is 0 Å². The molecule has 0 amide bonds. The minimum Gasteiger partial charge on any atom is -0.294 e. The molecule has 0 aliphatic heterocycles. The van der Waals surface area contributed by atoms with Crippen LogP contribution in [0, 0.1) is 5.92 Å². The predicted molar refractivity (Wildman–Crippen MR) is 71.3 cm³/mol. The summed E-state index contributed by atoms with van der Waals surface area (Å²) in [5.41, 5.74) is 2.22. The van der Waals surface area contributed by atoms with E-state index < -0.39 is 0 Å². The van der Waals surface area contributed by atoms with Crippen LogP contribution in [0.25, 0.3) is 0 Å². The maximum atomic E-state index is 12.2. The highest BCUT2D eigenvalue weighted by Gasteiger charge is 2.19. The Balaban J connectivity index is 1.99. The van der Waals surface area contributed by atoms with E-state index in [1.807, 2.05) is 12.1 Å². The summed E-state index contributed by atoms with van der Waals surface area (Å²) in [6.07, 6.45) is 8.10. The zero-order chi connectivity index (χ0) is 12.1. The monoisotopic (exact) mass is 230 g/mol. The largest absolute Gasteiger partial charge is 0.294 e. The summed E-state index contributed by atoms with van der Waals surface area (Å²) in [6, 6.07) is 8.19. The van der Waals surface area contributed by atoms with Crippen molar-refractivity contribution in [3.05, 3.63) is 35.4 Å². The Morgan fingerprint density at radius 3 is 2.76 bits per heavy atom. The van der Waals surface area contributed by atoms with E-state index in [2.05, 4.69) is 19.1 Å². The molecule has 1 aliphatic carbocycles. The van der Waals surface area contributed by atoms with Crippen molar-refractivity contribution in [3.63, 3.8) is 0 Å². The minimum absolute atomic E-state index is 0.342. The number of carbonyl (C=O) groups is 1. The first-order valence-electron chi connectivity index (χ1n) is 6.91. The first-order valence-corrected chi connectivity index (χ1v) is 6.91. The van der Waals surface area contributed by atoms with Crippen molar-refractivity contribution in [3.8, 4) is 0 Å². The minimum atomic E-state index is 0.342. The quantitative estimate of drug-likeness (QED) is 0.685. The fourth-order valence-electron chi connectivity index (χ4n) is 2.78. The van der Waals surface area contributed by atoms with Gasteiger partial charge in [0.05, 0.1) is 0 Å². The van der Waals surface area contributed by atoms with Gasteiger partial charge in [0.1, 0.15) is 0 Å². The maximum absolute atomic E-state index is 12.2. The molecule has 0 spiro atoms. The molecule has 0 atom stereocenters. The fraction of sp³-hybridized carbons (Fsp3) is 0.562. The first-order chi connectivity index (χ1) is 8.29. The molecule has 2 rings (SSSR count). The van der Waals surface area contributed by atoms with Crippen LogP contribution in [0.2, 0.25) is 0 Å². The van der Waals surface area contributed by atoms with Crippen LogP contribution in [-0.2, 0) is 6.42 Å². The molecule has 0 saturated heterocycles. The summed E-state index contributed by atoms with van der Waals surface area (Å²) in [6.45, 7) is 2.17. The van der Waals surface area contributed by atoms with Crippen LogP contribution in [0.3, 0.4) is 0 Å². The topological polar surface area (TPSA) is 17.1 Å². The van der Waals surface area contributed by atoms with Crippen molar-refractivity contribution in [2.45, 2.75) is 51.9 Å². The lowest BCUT2D eigenvalue weighted by Crippen LogP contribution is -2.06. The molecule has 1 fully saturated rings. The van der Waals surface area contributed by atoms with Crippen LogP contribution in [0.1, 0.15) is 61.4 Å². The van der Waals surface area contributed by atoms with Gasteiger partial charge in [0.2, 0.25) is 0 Å². The number of hydrogen-bond donors (Lipinski definition) is 0. The third kappa shape index (κ3) is 3.42. The summed E-state index contributed by atoms with van der Waals surface area (Å²) in [7, 11) is 0. The van der Waals surface area contributed by atoms with Crippen molar-refractivity contribution in [1.82, 2.24) is 0 Å². The molecule has 1 nitrogen and oxygen atoms in total. The standard InChI is InChI=1S/C16H22O/c1-2-6-13-9-5-10-15(11-13)16(17)12-14-7-3-4-8-14/h5,9-11,14H,2-4,6-8,12H2,1H3. The van der Waals surface area contributed by atoms with Crippen molar-refractivity contribution < 1.29 is 4.79 Å². The normalized spacial score (nSPS) is 16.3. The Bertz CT molecular complexity index is 375. The Labute approximate surface area is 104 Å². The van der Waals surface area contributed by atoms with Gasteiger partial charge in [0, 0.05) is 12.0 Å². The van der Waals surface area contributed by atoms with E-state index in [0.29, 0.717) is 11.7 Å². The Morgan fingerprint density at radius 1 is 1.29 bits per heavy atom. The van der Waals surface area contributed by atoms with E-state index in [-0.39, 0.29) is 0 Å². The molecule has 92 valence electrons. The molecule has 1 aromatic carbocycles. The number of Topliss-reactive ketones (excluding diaryl/α,β-unsaturated/α-hetero) is 1. The van der Waals surface area contributed by atoms with Gasteiger partial charge in [0.15, 0.2) is 5.78 Å². The second-order valence-electron chi connectivity index (χ2n) is 5.23. The van der Waals surface area contributed by atoms with Crippen molar-refractivity contribution in [2.24, 2.45) is 5.92 Å². The second kappa shape index (κ2) is 6.00. The highest BCUT2D eigenvalue weighted by Crippen LogP contribution is 2.28. The van der Waals surface area contributed by atoms with E-state index in [1.165, 1.54) is 31.2 Å².